The fourth-order valence-corrected chi connectivity index (χ4v) is 4.13. The Labute approximate surface area is 146 Å². The lowest BCUT2D eigenvalue weighted by Crippen LogP contribution is -2.41. The number of nitrogens with zero attached hydrogens (tertiary/aromatic N) is 1. The van der Waals surface area contributed by atoms with Crippen molar-refractivity contribution in [1.82, 2.24) is 4.90 Å². The Kier molecular flexibility index (Phi) is 5.11. The van der Waals surface area contributed by atoms with E-state index in [1.807, 2.05) is 13.0 Å². The monoisotopic (exact) mass is 342 g/mol. The summed E-state index contributed by atoms with van der Waals surface area (Å²) >= 11 is 1.75. The van der Waals surface area contributed by atoms with Crippen LogP contribution in [0.1, 0.15) is 48.0 Å². The second kappa shape index (κ2) is 7.28. The number of thiophene rings is 1. The highest BCUT2D eigenvalue weighted by atomic mass is 32.1. The molecule has 0 radical (unpaired) electrons. The smallest absolute Gasteiger partial charge is 0.241 e. The number of anilines is 1. The molecule has 1 saturated heterocycles. The summed E-state index contributed by atoms with van der Waals surface area (Å²) in [5.41, 5.74) is 1.28. The quantitative estimate of drug-likeness (QED) is 0.832. The van der Waals surface area contributed by atoms with E-state index in [1.54, 1.807) is 29.5 Å². The average Bonchev–Trinajstić information content (AvgIpc) is 3.25. The molecule has 1 N–H and O–H groups in total. The summed E-state index contributed by atoms with van der Waals surface area (Å²) in [6.45, 7) is 4.42. The number of likely N-dealkylation sites (tertiary alicyclic amines) is 1. The molecule has 2 atom stereocenters. The Morgan fingerprint density at radius 1 is 1.29 bits per heavy atom. The molecule has 0 aliphatic carbocycles. The molecular formula is C19H22N2O2S. The highest BCUT2D eigenvalue weighted by molar-refractivity contribution is 7.10. The van der Waals surface area contributed by atoms with Crippen molar-refractivity contribution in [2.75, 3.05) is 11.9 Å². The fourth-order valence-electron chi connectivity index (χ4n) is 3.25. The second-order valence-electron chi connectivity index (χ2n) is 6.21. The molecule has 0 spiro atoms. The van der Waals surface area contributed by atoms with Crippen LogP contribution in [0.2, 0.25) is 0 Å². The van der Waals surface area contributed by atoms with Gasteiger partial charge in [-0.3, -0.25) is 14.5 Å². The lowest BCUT2D eigenvalue weighted by Gasteiger charge is -2.29. The SMILES string of the molecule is CC(=O)c1cccc(NC(=O)[C@@H](C)N2CCC[C@@H]2c2cccs2)c1. The molecule has 2 heterocycles. The highest BCUT2D eigenvalue weighted by Gasteiger charge is 2.33. The van der Waals surface area contributed by atoms with Crippen LogP contribution in [0.25, 0.3) is 0 Å². The maximum absolute atomic E-state index is 12.7. The standard InChI is InChI=1S/C19H22N2O2S/c1-13(21-10-4-8-17(21)18-9-5-11-24-18)19(23)20-16-7-3-6-15(12-16)14(2)22/h3,5-7,9,11-13,17H,4,8,10H2,1-2H3,(H,20,23)/t13-,17-/m1/s1. The Hall–Kier alpha value is -1.98. The Morgan fingerprint density at radius 2 is 2.12 bits per heavy atom. The highest BCUT2D eigenvalue weighted by Crippen LogP contribution is 2.36. The molecule has 1 aromatic heterocycles. The lowest BCUT2D eigenvalue weighted by molar-refractivity contribution is -0.121. The zero-order valence-corrected chi connectivity index (χ0v) is 14.8. The number of rotatable bonds is 5. The van der Waals surface area contributed by atoms with E-state index in [0.717, 1.165) is 19.4 Å². The van der Waals surface area contributed by atoms with Gasteiger partial charge >= 0.3 is 0 Å². The first-order valence-corrected chi connectivity index (χ1v) is 9.15. The number of benzene rings is 1. The summed E-state index contributed by atoms with van der Waals surface area (Å²) in [6, 6.07) is 11.4. The maximum Gasteiger partial charge on any atom is 0.241 e. The van der Waals surface area contributed by atoms with Crippen LogP contribution in [0, 0.1) is 0 Å². The average molecular weight is 342 g/mol. The van der Waals surface area contributed by atoms with Crippen LogP contribution in [-0.4, -0.2) is 29.2 Å². The molecule has 0 saturated carbocycles. The van der Waals surface area contributed by atoms with Crippen molar-refractivity contribution in [3.05, 3.63) is 52.2 Å². The molecule has 126 valence electrons. The first kappa shape index (κ1) is 16.9. The first-order chi connectivity index (χ1) is 11.6. The van der Waals surface area contributed by atoms with Crippen LogP contribution in [0.4, 0.5) is 5.69 Å². The zero-order valence-electron chi connectivity index (χ0n) is 14.0. The van der Waals surface area contributed by atoms with Crippen LogP contribution in [-0.2, 0) is 4.79 Å². The minimum atomic E-state index is -0.208. The molecular weight excluding hydrogens is 320 g/mol. The van der Waals surface area contributed by atoms with Crippen LogP contribution in [0.15, 0.2) is 41.8 Å². The zero-order chi connectivity index (χ0) is 17.1. The second-order valence-corrected chi connectivity index (χ2v) is 7.19. The van der Waals surface area contributed by atoms with Gasteiger partial charge in [-0.05, 0) is 56.8 Å². The van der Waals surface area contributed by atoms with Gasteiger partial charge in [0.15, 0.2) is 5.78 Å². The minimum Gasteiger partial charge on any atom is -0.325 e. The van der Waals surface area contributed by atoms with Crippen molar-refractivity contribution >= 4 is 28.7 Å². The normalized spacial score (nSPS) is 19.2. The van der Waals surface area contributed by atoms with Crippen molar-refractivity contribution in [1.29, 1.82) is 0 Å². The van der Waals surface area contributed by atoms with Gasteiger partial charge in [-0.25, -0.2) is 0 Å². The number of hydrogen-bond acceptors (Lipinski definition) is 4. The van der Waals surface area contributed by atoms with Gasteiger partial charge in [0.25, 0.3) is 0 Å². The molecule has 2 aromatic rings. The molecule has 1 aliphatic heterocycles. The number of carbonyl (C=O) groups excluding carboxylic acids is 2. The topological polar surface area (TPSA) is 49.4 Å². The van der Waals surface area contributed by atoms with E-state index in [9.17, 15) is 9.59 Å². The van der Waals surface area contributed by atoms with Gasteiger partial charge in [-0.1, -0.05) is 18.2 Å². The van der Waals surface area contributed by atoms with Crippen molar-refractivity contribution in [3.63, 3.8) is 0 Å². The Morgan fingerprint density at radius 3 is 2.83 bits per heavy atom. The van der Waals surface area contributed by atoms with E-state index < -0.39 is 0 Å². The van der Waals surface area contributed by atoms with Gasteiger partial charge < -0.3 is 5.32 Å². The Balaban J connectivity index is 1.70. The van der Waals surface area contributed by atoms with Gasteiger partial charge in [0.2, 0.25) is 5.91 Å². The summed E-state index contributed by atoms with van der Waals surface area (Å²) < 4.78 is 0. The number of nitrogens with one attached hydrogen (secondary N) is 1. The van der Waals surface area contributed by atoms with Crippen molar-refractivity contribution < 1.29 is 9.59 Å². The number of amides is 1. The van der Waals surface area contributed by atoms with Crippen molar-refractivity contribution in [3.8, 4) is 0 Å². The predicted octanol–water partition coefficient (Wildman–Crippen LogP) is 4.11. The first-order valence-electron chi connectivity index (χ1n) is 8.27. The number of carbonyl (C=O) groups is 2. The van der Waals surface area contributed by atoms with E-state index in [1.165, 1.54) is 11.8 Å². The molecule has 1 fully saturated rings. The summed E-state index contributed by atoms with van der Waals surface area (Å²) in [6.07, 6.45) is 2.21. The lowest BCUT2D eigenvalue weighted by atomic mass is 10.1. The number of ketones is 1. The number of Topliss-reactive ketones (excluding diaryl/α,β-unsaturated/α-hetero) is 1. The summed E-state index contributed by atoms with van der Waals surface area (Å²) in [4.78, 5) is 27.7. The van der Waals surface area contributed by atoms with Gasteiger partial charge in [0.1, 0.15) is 0 Å². The van der Waals surface area contributed by atoms with Crippen LogP contribution < -0.4 is 5.32 Å². The van der Waals surface area contributed by atoms with Gasteiger partial charge in [-0.15, -0.1) is 11.3 Å². The van der Waals surface area contributed by atoms with Crippen LogP contribution >= 0.6 is 11.3 Å². The summed E-state index contributed by atoms with van der Waals surface area (Å²) in [5.74, 6) is -0.0318. The van der Waals surface area contributed by atoms with Crippen LogP contribution in [0.3, 0.4) is 0 Å². The van der Waals surface area contributed by atoms with Crippen LogP contribution in [0.5, 0.6) is 0 Å². The van der Waals surface area contributed by atoms with E-state index in [2.05, 4.69) is 27.7 Å². The molecule has 0 unspecified atom stereocenters. The molecule has 3 rings (SSSR count). The van der Waals surface area contributed by atoms with E-state index >= 15 is 0 Å². The molecule has 1 amide bonds. The third kappa shape index (κ3) is 3.57. The fraction of sp³-hybridized carbons (Fsp3) is 0.368. The molecule has 5 heteroatoms. The third-order valence-corrected chi connectivity index (χ3v) is 5.55. The third-order valence-electron chi connectivity index (χ3n) is 4.58. The van der Waals surface area contributed by atoms with Gasteiger partial charge in [0, 0.05) is 22.2 Å². The maximum atomic E-state index is 12.7. The summed E-state index contributed by atoms with van der Waals surface area (Å²) in [5, 5.41) is 5.04. The van der Waals surface area contributed by atoms with Crippen molar-refractivity contribution in [2.45, 2.75) is 38.8 Å². The number of hydrogen-bond donors (Lipinski definition) is 1. The Bertz CT molecular complexity index is 727. The largest absolute Gasteiger partial charge is 0.325 e. The summed E-state index contributed by atoms with van der Waals surface area (Å²) in [7, 11) is 0. The molecule has 1 aliphatic rings. The molecule has 4 nitrogen and oxygen atoms in total. The molecule has 24 heavy (non-hydrogen) atoms. The van der Waals surface area contributed by atoms with E-state index in [0.29, 0.717) is 17.3 Å². The van der Waals surface area contributed by atoms with E-state index in [-0.39, 0.29) is 17.7 Å². The van der Waals surface area contributed by atoms with E-state index in [4.69, 9.17) is 0 Å². The van der Waals surface area contributed by atoms with Crippen molar-refractivity contribution in [2.24, 2.45) is 0 Å². The van der Waals surface area contributed by atoms with Gasteiger partial charge in [0.05, 0.1) is 6.04 Å². The minimum absolute atomic E-state index is 0.00329. The van der Waals surface area contributed by atoms with Gasteiger partial charge in [-0.2, -0.15) is 0 Å². The molecule has 0 bridgehead atoms. The molecule has 1 aromatic carbocycles. The predicted molar refractivity (Wildman–Crippen MR) is 97.5 cm³/mol.